The molecule has 6 heteroatoms. The lowest BCUT2D eigenvalue weighted by molar-refractivity contribution is 0.0665. The second-order valence-corrected chi connectivity index (χ2v) is 4.18. The molecule has 2 aromatic rings. The monoisotopic (exact) mass is 269 g/mol. The average Bonchev–Trinajstić information content (AvgIpc) is 2.85. The predicted molar refractivity (Wildman–Crippen MR) is 65.1 cm³/mol. The topological polar surface area (TPSA) is 29.9 Å². The molecule has 0 aliphatic rings. The van der Waals surface area contributed by atoms with Crippen molar-refractivity contribution in [3.8, 4) is 0 Å². The molecule has 1 aromatic carbocycles. The average molecular weight is 269 g/mol. The molecule has 0 unspecified atom stereocenters. The molecule has 1 aromatic heterocycles. The van der Waals surface area contributed by atoms with E-state index in [1.807, 2.05) is 6.92 Å². The number of nitrogens with one attached hydrogen (secondary N) is 1. The zero-order valence-electron chi connectivity index (χ0n) is 10.4. The Bertz CT molecular complexity index is 522. The summed E-state index contributed by atoms with van der Waals surface area (Å²) in [7, 11) is 0. The van der Waals surface area contributed by atoms with Gasteiger partial charge >= 0.3 is 6.55 Å². The van der Waals surface area contributed by atoms with Crippen LogP contribution < -0.4 is 5.32 Å². The van der Waals surface area contributed by atoms with E-state index in [2.05, 4.69) is 10.3 Å². The summed E-state index contributed by atoms with van der Waals surface area (Å²) in [5.74, 6) is -0.0341. The Morgan fingerprint density at radius 1 is 1.26 bits per heavy atom. The minimum atomic E-state index is -2.60. The van der Waals surface area contributed by atoms with E-state index in [0.717, 1.165) is 10.1 Å². The Labute approximate surface area is 109 Å². The van der Waals surface area contributed by atoms with E-state index < -0.39 is 6.55 Å². The van der Waals surface area contributed by atoms with Crippen molar-refractivity contribution in [3.63, 3.8) is 0 Å². The van der Waals surface area contributed by atoms with Crippen LogP contribution in [0.2, 0.25) is 0 Å². The number of hydrogen-bond acceptors (Lipinski definition) is 2. The number of imidazole rings is 1. The molecule has 0 aliphatic carbocycles. The smallest absolute Gasteiger partial charge is 0.303 e. The first-order chi connectivity index (χ1) is 9.08. The molecule has 0 spiro atoms. The first-order valence-electron chi connectivity index (χ1n) is 5.86. The van der Waals surface area contributed by atoms with E-state index in [9.17, 15) is 13.2 Å². The van der Waals surface area contributed by atoms with Gasteiger partial charge in [0.15, 0.2) is 0 Å². The fourth-order valence-corrected chi connectivity index (χ4v) is 1.77. The highest BCUT2D eigenvalue weighted by Crippen LogP contribution is 2.15. The van der Waals surface area contributed by atoms with Gasteiger partial charge in [-0.2, -0.15) is 8.78 Å². The molecule has 19 heavy (non-hydrogen) atoms. The number of hydrogen-bond donors (Lipinski definition) is 1. The van der Waals surface area contributed by atoms with E-state index in [-0.39, 0.29) is 24.2 Å². The van der Waals surface area contributed by atoms with Gasteiger partial charge < -0.3 is 5.32 Å². The third kappa shape index (κ3) is 3.35. The van der Waals surface area contributed by atoms with Crippen LogP contribution in [0, 0.1) is 5.82 Å². The molecule has 1 heterocycles. The Hall–Kier alpha value is -1.82. The molecule has 0 aliphatic heterocycles. The minimum absolute atomic E-state index is 0.0802. The van der Waals surface area contributed by atoms with Gasteiger partial charge in [-0.3, -0.25) is 4.57 Å². The molecule has 0 amide bonds. The Kier molecular flexibility index (Phi) is 4.21. The van der Waals surface area contributed by atoms with E-state index >= 15 is 0 Å². The maximum absolute atomic E-state index is 12.8. The van der Waals surface area contributed by atoms with Crippen LogP contribution in [-0.4, -0.2) is 9.55 Å². The summed E-state index contributed by atoms with van der Waals surface area (Å²) in [6.07, 6.45) is 2.58. The lowest BCUT2D eigenvalue weighted by Crippen LogP contribution is -2.21. The van der Waals surface area contributed by atoms with Crippen LogP contribution in [0.15, 0.2) is 36.7 Å². The summed E-state index contributed by atoms with van der Waals surface area (Å²) >= 11 is 0. The van der Waals surface area contributed by atoms with Crippen LogP contribution in [-0.2, 0) is 6.54 Å². The second kappa shape index (κ2) is 5.88. The Balaban J connectivity index is 1.98. The van der Waals surface area contributed by atoms with Crippen molar-refractivity contribution in [3.05, 3.63) is 53.9 Å². The fourth-order valence-electron chi connectivity index (χ4n) is 1.77. The lowest BCUT2D eigenvalue weighted by Gasteiger charge is -2.14. The van der Waals surface area contributed by atoms with Crippen LogP contribution in [0.5, 0.6) is 0 Å². The molecular weight excluding hydrogens is 255 g/mol. The van der Waals surface area contributed by atoms with Crippen LogP contribution in [0.25, 0.3) is 0 Å². The van der Waals surface area contributed by atoms with Crippen molar-refractivity contribution in [2.24, 2.45) is 0 Å². The molecule has 1 N–H and O–H groups in total. The van der Waals surface area contributed by atoms with Crippen molar-refractivity contribution < 1.29 is 13.2 Å². The molecule has 0 saturated carbocycles. The highest BCUT2D eigenvalue weighted by Gasteiger charge is 2.12. The lowest BCUT2D eigenvalue weighted by atomic mass is 10.1. The third-order valence-corrected chi connectivity index (χ3v) is 2.90. The van der Waals surface area contributed by atoms with Gasteiger partial charge in [0.2, 0.25) is 0 Å². The first kappa shape index (κ1) is 13.6. The van der Waals surface area contributed by atoms with E-state index in [1.54, 1.807) is 12.1 Å². The van der Waals surface area contributed by atoms with Gasteiger partial charge in [0, 0.05) is 18.4 Å². The highest BCUT2D eigenvalue weighted by molar-refractivity contribution is 5.19. The first-order valence-corrected chi connectivity index (χ1v) is 5.86. The summed E-state index contributed by atoms with van der Waals surface area (Å²) in [6.45, 7) is -0.501. The number of halogens is 3. The van der Waals surface area contributed by atoms with Gasteiger partial charge in [0.1, 0.15) is 11.6 Å². The summed E-state index contributed by atoms with van der Waals surface area (Å²) in [4.78, 5) is 3.88. The van der Waals surface area contributed by atoms with Gasteiger partial charge in [0.25, 0.3) is 0 Å². The normalized spacial score (nSPS) is 12.9. The second-order valence-electron chi connectivity index (χ2n) is 4.18. The van der Waals surface area contributed by atoms with E-state index in [4.69, 9.17) is 0 Å². The Morgan fingerprint density at radius 3 is 2.58 bits per heavy atom. The highest BCUT2D eigenvalue weighted by atomic mass is 19.3. The van der Waals surface area contributed by atoms with Crippen molar-refractivity contribution in [1.29, 1.82) is 0 Å². The SMILES string of the molecule is C[C@@H](NCc1nccn1C(F)F)c1ccc(F)cc1. The molecule has 0 saturated heterocycles. The molecule has 0 radical (unpaired) electrons. The molecule has 3 nitrogen and oxygen atoms in total. The zero-order chi connectivity index (χ0) is 13.8. The molecule has 0 fully saturated rings. The van der Waals surface area contributed by atoms with Gasteiger partial charge in [-0.15, -0.1) is 0 Å². The summed E-state index contributed by atoms with van der Waals surface area (Å²) in [6, 6.07) is 5.98. The largest absolute Gasteiger partial charge is 0.319 e. The van der Waals surface area contributed by atoms with Crippen LogP contribution in [0.1, 0.15) is 30.9 Å². The van der Waals surface area contributed by atoms with Gasteiger partial charge in [-0.25, -0.2) is 9.37 Å². The van der Waals surface area contributed by atoms with Gasteiger partial charge in [0.05, 0.1) is 6.54 Å². The van der Waals surface area contributed by atoms with Gasteiger partial charge in [-0.05, 0) is 24.6 Å². The molecule has 1 atom stereocenters. The minimum Gasteiger partial charge on any atom is -0.303 e. The van der Waals surface area contributed by atoms with Crippen LogP contribution >= 0.6 is 0 Å². The van der Waals surface area contributed by atoms with Crippen molar-refractivity contribution in [1.82, 2.24) is 14.9 Å². The number of aromatic nitrogens is 2. The number of nitrogens with zero attached hydrogens (tertiary/aromatic N) is 2. The number of benzene rings is 1. The maximum atomic E-state index is 12.8. The fraction of sp³-hybridized carbons (Fsp3) is 0.308. The summed E-state index contributed by atoms with van der Waals surface area (Å²) in [5.41, 5.74) is 0.886. The summed E-state index contributed by atoms with van der Waals surface area (Å²) < 4.78 is 38.8. The Morgan fingerprint density at radius 2 is 1.95 bits per heavy atom. The zero-order valence-corrected chi connectivity index (χ0v) is 10.4. The van der Waals surface area contributed by atoms with Crippen molar-refractivity contribution in [2.75, 3.05) is 0 Å². The standard InChI is InChI=1S/C13H14F3N3/c1-9(10-2-4-11(14)5-3-10)18-8-12-17-6-7-19(12)13(15)16/h2-7,9,13,18H,8H2,1H3/t9-/m1/s1. The summed E-state index contributed by atoms with van der Waals surface area (Å²) in [5, 5.41) is 3.08. The van der Waals surface area contributed by atoms with Crippen molar-refractivity contribution in [2.45, 2.75) is 26.1 Å². The van der Waals surface area contributed by atoms with Gasteiger partial charge in [-0.1, -0.05) is 12.1 Å². The predicted octanol–water partition coefficient (Wildman–Crippen LogP) is 3.27. The molecule has 2 rings (SSSR count). The quantitative estimate of drug-likeness (QED) is 0.902. The van der Waals surface area contributed by atoms with Crippen LogP contribution in [0.3, 0.4) is 0 Å². The van der Waals surface area contributed by atoms with E-state index in [0.29, 0.717) is 0 Å². The maximum Gasteiger partial charge on any atom is 0.319 e. The molecular formula is C13H14F3N3. The van der Waals surface area contributed by atoms with Crippen LogP contribution in [0.4, 0.5) is 13.2 Å². The number of alkyl halides is 2. The van der Waals surface area contributed by atoms with Crippen molar-refractivity contribution >= 4 is 0 Å². The molecule has 0 bridgehead atoms. The third-order valence-electron chi connectivity index (χ3n) is 2.90. The number of rotatable bonds is 5. The van der Waals surface area contributed by atoms with E-state index in [1.165, 1.54) is 24.5 Å². The molecule has 102 valence electrons.